The van der Waals surface area contributed by atoms with Gasteiger partial charge in [-0.1, -0.05) is 30.3 Å². The minimum absolute atomic E-state index is 0.00766. The first kappa shape index (κ1) is 12.6. The Balaban J connectivity index is 1.62. The number of hydrogen-bond acceptors (Lipinski definition) is 5. The highest BCUT2D eigenvalue weighted by atomic mass is 16.5. The summed E-state index contributed by atoms with van der Waals surface area (Å²) >= 11 is 0. The molecular formula is C13H16N6O. The van der Waals surface area contributed by atoms with Gasteiger partial charge in [-0.2, -0.15) is 0 Å². The second kappa shape index (κ2) is 5.68. The number of aromatic amines is 1. The van der Waals surface area contributed by atoms with Gasteiger partial charge >= 0.3 is 0 Å². The fraction of sp³-hybridized carbons (Fsp3) is 0.385. The van der Waals surface area contributed by atoms with E-state index in [9.17, 15) is 0 Å². The predicted octanol–water partition coefficient (Wildman–Crippen LogP) is 1.49. The Hall–Kier alpha value is -2.44. The van der Waals surface area contributed by atoms with Crippen molar-refractivity contribution < 1.29 is 4.74 Å². The molecule has 1 aliphatic rings. The van der Waals surface area contributed by atoms with Gasteiger partial charge in [-0.25, -0.2) is 5.10 Å². The van der Waals surface area contributed by atoms with E-state index < -0.39 is 0 Å². The zero-order chi connectivity index (χ0) is 13.8. The highest BCUT2D eigenvalue weighted by Crippen LogP contribution is 2.29. The van der Waals surface area contributed by atoms with Crippen molar-refractivity contribution in [1.82, 2.24) is 25.5 Å². The van der Waals surface area contributed by atoms with Gasteiger partial charge in [0.05, 0.1) is 6.04 Å². The summed E-state index contributed by atoms with van der Waals surface area (Å²) in [5.74, 6) is 0.690. The van der Waals surface area contributed by atoms with Crippen molar-refractivity contribution in [3.8, 4) is 0 Å². The van der Waals surface area contributed by atoms with Gasteiger partial charge in [0.15, 0.2) is 5.82 Å². The van der Waals surface area contributed by atoms with E-state index in [1.54, 1.807) is 0 Å². The molecule has 2 heterocycles. The van der Waals surface area contributed by atoms with Gasteiger partial charge in [-0.3, -0.25) is 5.41 Å². The lowest BCUT2D eigenvalue weighted by atomic mass is 10.2. The number of nitrogens with zero attached hydrogens (tertiary/aromatic N) is 4. The molecule has 3 rings (SSSR count). The standard InChI is InChI=1S/C13H16N6O/c14-13(20-9-10-5-2-1-3-6-10)19-8-4-7-11(19)12-15-17-18-16-12/h1-3,5-6,11,14H,4,7-9H2,(H,15,16,17,18)/t11-/m0/s1. The quantitative estimate of drug-likeness (QED) is 0.652. The Morgan fingerprint density at radius 2 is 2.25 bits per heavy atom. The van der Waals surface area contributed by atoms with E-state index in [1.807, 2.05) is 35.2 Å². The smallest absolute Gasteiger partial charge is 0.285 e. The van der Waals surface area contributed by atoms with Gasteiger partial charge in [-0.15, -0.1) is 5.10 Å². The van der Waals surface area contributed by atoms with Crippen molar-refractivity contribution in [3.05, 3.63) is 41.7 Å². The van der Waals surface area contributed by atoms with Crippen molar-refractivity contribution in [3.63, 3.8) is 0 Å². The number of rotatable bonds is 3. The third-order valence-corrected chi connectivity index (χ3v) is 3.41. The minimum Gasteiger partial charge on any atom is -0.460 e. The topological polar surface area (TPSA) is 90.8 Å². The molecule has 2 N–H and O–H groups in total. The number of aromatic nitrogens is 4. The molecule has 1 atom stereocenters. The summed E-state index contributed by atoms with van der Waals surface area (Å²) in [4.78, 5) is 1.89. The van der Waals surface area contributed by atoms with Crippen LogP contribution in [-0.4, -0.2) is 38.1 Å². The van der Waals surface area contributed by atoms with Crippen molar-refractivity contribution >= 4 is 6.02 Å². The van der Waals surface area contributed by atoms with E-state index in [2.05, 4.69) is 20.6 Å². The van der Waals surface area contributed by atoms with Gasteiger partial charge < -0.3 is 9.64 Å². The largest absolute Gasteiger partial charge is 0.460 e. The average Bonchev–Trinajstić information content (AvgIpc) is 3.15. The third kappa shape index (κ3) is 2.61. The summed E-state index contributed by atoms with van der Waals surface area (Å²) in [6, 6.07) is 10.0. The second-order valence-electron chi connectivity index (χ2n) is 4.72. The maximum absolute atomic E-state index is 8.09. The number of benzene rings is 1. The molecule has 2 aromatic rings. The summed E-state index contributed by atoms with van der Waals surface area (Å²) in [6.07, 6.45) is 1.93. The number of hydrogen-bond donors (Lipinski definition) is 2. The Morgan fingerprint density at radius 3 is 3.00 bits per heavy atom. The van der Waals surface area contributed by atoms with Crippen molar-refractivity contribution in [1.29, 1.82) is 5.41 Å². The van der Waals surface area contributed by atoms with Crippen LogP contribution in [0.15, 0.2) is 30.3 Å². The number of tetrazole rings is 1. The minimum atomic E-state index is 0.00766. The molecule has 1 aromatic heterocycles. The van der Waals surface area contributed by atoms with Crippen LogP contribution in [0.25, 0.3) is 0 Å². The molecule has 0 radical (unpaired) electrons. The maximum Gasteiger partial charge on any atom is 0.285 e. The molecule has 7 nitrogen and oxygen atoms in total. The van der Waals surface area contributed by atoms with Gasteiger partial charge in [0, 0.05) is 6.54 Å². The lowest BCUT2D eigenvalue weighted by molar-refractivity contribution is 0.207. The van der Waals surface area contributed by atoms with Crippen LogP contribution in [0.1, 0.15) is 30.3 Å². The zero-order valence-corrected chi connectivity index (χ0v) is 11.0. The fourth-order valence-electron chi connectivity index (χ4n) is 2.41. The van der Waals surface area contributed by atoms with Crippen molar-refractivity contribution in [2.45, 2.75) is 25.5 Å². The van der Waals surface area contributed by atoms with Crippen molar-refractivity contribution in [2.75, 3.05) is 6.54 Å². The molecule has 1 aromatic carbocycles. The SMILES string of the molecule is N=C(OCc1ccccc1)N1CCC[C@H]1c1nnn[nH]1. The fourth-order valence-corrected chi connectivity index (χ4v) is 2.41. The zero-order valence-electron chi connectivity index (χ0n) is 11.0. The van der Waals surface area contributed by atoms with E-state index in [0.717, 1.165) is 24.9 Å². The molecule has 0 bridgehead atoms. The van der Waals surface area contributed by atoms with Gasteiger partial charge in [0.1, 0.15) is 6.61 Å². The van der Waals surface area contributed by atoms with E-state index in [-0.39, 0.29) is 12.1 Å². The number of nitrogens with one attached hydrogen (secondary N) is 2. The van der Waals surface area contributed by atoms with Crippen LogP contribution < -0.4 is 0 Å². The molecule has 1 aliphatic heterocycles. The summed E-state index contributed by atoms with van der Waals surface area (Å²) < 4.78 is 5.57. The summed E-state index contributed by atoms with van der Waals surface area (Å²) in [7, 11) is 0. The van der Waals surface area contributed by atoms with E-state index in [1.165, 1.54) is 0 Å². The molecule has 0 spiro atoms. The number of likely N-dealkylation sites (tertiary alicyclic amines) is 1. The number of ether oxygens (including phenoxy) is 1. The Labute approximate surface area is 116 Å². The van der Waals surface area contributed by atoms with Crippen LogP contribution in [-0.2, 0) is 11.3 Å². The molecule has 0 unspecified atom stereocenters. The van der Waals surface area contributed by atoms with Crippen LogP contribution in [0, 0.1) is 5.41 Å². The normalized spacial score (nSPS) is 18.2. The third-order valence-electron chi connectivity index (χ3n) is 3.41. The average molecular weight is 272 g/mol. The molecule has 1 fully saturated rings. The first-order chi connectivity index (χ1) is 9.84. The van der Waals surface area contributed by atoms with Gasteiger partial charge in [0.2, 0.25) is 0 Å². The molecular weight excluding hydrogens is 256 g/mol. The molecule has 104 valence electrons. The molecule has 0 amide bonds. The highest BCUT2D eigenvalue weighted by molar-refractivity contribution is 5.71. The first-order valence-corrected chi connectivity index (χ1v) is 6.60. The van der Waals surface area contributed by atoms with E-state index >= 15 is 0 Å². The number of amidine groups is 1. The summed E-state index contributed by atoms with van der Waals surface area (Å²) in [6.45, 7) is 1.19. The molecule has 20 heavy (non-hydrogen) atoms. The van der Waals surface area contributed by atoms with Crippen LogP contribution in [0.5, 0.6) is 0 Å². The van der Waals surface area contributed by atoms with Crippen LogP contribution >= 0.6 is 0 Å². The number of H-pyrrole nitrogens is 1. The van der Waals surface area contributed by atoms with Crippen LogP contribution in [0.3, 0.4) is 0 Å². The van der Waals surface area contributed by atoms with Crippen LogP contribution in [0.4, 0.5) is 0 Å². The monoisotopic (exact) mass is 272 g/mol. The highest BCUT2D eigenvalue weighted by Gasteiger charge is 2.31. The van der Waals surface area contributed by atoms with Crippen LogP contribution in [0.2, 0.25) is 0 Å². The van der Waals surface area contributed by atoms with E-state index in [0.29, 0.717) is 12.4 Å². The van der Waals surface area contributed by atoms with Gasteiger partial charge in [0.25, 0.3) is 6.02 Å². The Morgan fingerprint density at radius 1 is 1.40 bits per heavy atom. The molecule has 7 heteroatoms. The maximum atomic E-state index is 8.09. The first-order valence-electron chi connectivity index (χ1n) is 6.60. The molecule has 1 saturated heterocycles. The summed E-state index contributed by atoms with van der Waals surface area (Å²) in [5, 5.41) is 22.0. The predicted molar refractivity (Wildman–Crippen MR) is 71.8 cm³/mol. The Bertz CT molecular complexity index is 556. The molecule has 0 aliphatic carbocycles. The molecule has 0 saturated carbocycles. The van der Waals surface area contributed by atoms with Crippen molar-refractivity contribution in [2.24, 2.45) is 0 Å². The van der Waals surface area contributed by atoms with E-state index in [4.69, 9.17) is 10.1 Å². The van der Waals surface area contributed by atoms with Gasteiger partial charge in [-0.05, 0) is 28.8 Å². The summed E-state index contributed by atoms with van der Waals surface area (Å²) in [5.41, 5.74) is 1.05. The lowest BCUT2D eigenvalue weighted by Crippen LogP contribution is -2.32. The second-order valence-corrected chi connectivity index (χ2v) is 4.72. The Kier molecular flexibility index (Phi) is 3.58. The lowest BCUT2D eigenvalue weighted by Gasteiger charge is -2.24.